The van der Waals surface area contributed by atoms with E-state index in [0.717, 1.165) is 16.4 Å². The lowest BCUT2D eigenvalue weighted by atomic mass is 10.1. The Morgan fingerprint density at radius 3 is 2.58 bits per heavy atom. The van der Waals surface area contributed by atoms with Gasteiger partial charge in [0.2, 0.25) is 0 Å². The minimum Gasteiger partial charge on any atom is -0.494 e. The molecule has 0 fully saturated rings. The summed E-state index contributed by atoms with van der Waals surface area (Å²) >= 11 is 0. The van der Waals surface area contributed by atoms with Crippen LogP contribution < -0.4 is 14.8 Å². The van der Waals surface area contributed by atoms with Crippen LogP contribution in [0.4, 0.5) is 29.1 Å². The number of nitrogens with one attached hydrogen (secondary N) is 1. The van der Waals surface area contributed by atoms with Gasteiger partial charge in [-0.15, -0.1) is 10.2 Å². The number of anilines is 2. The summed E-state index contributed by atoms with van der Waals surface area (Å²) in [6.07, 6.45) is -1.38. The van der Waals surface area contributed by atoms with E-state index in [1.807, 2.05) is 6.92 Å². The molecule has 4 aromatic heterocycles. The molecule has 0 radical (unpaired) electrons. The summed E-state index contributed by atoms with van der Waals surface area (Å²) in [6.45, 7) is -1.25. The molecule has 6 rings (SSSR count). The number of amides is 1. The van der Waals surface area contributed by atoms with E-state index in [0.29, 0.717) is 28.3 Å². The fraction of sp³-hybridized carbons (Fsp3) is 0.259. The van der Waals surface area contributed by atoms with Crippen LogP contribution in [0.5, 0.6) is 11.6 Å². The molecular formula is C27H23F4N9O3. The third-order valence-electron chi connectivity index (χ3n) is 6.90. The molecule has 0 saturated heterocycles. The molecule has 0 bridgehead atoms. The minimum absolute atomic E-state index is 0.136. The van der Waals surface area contributed by atoms with Gasteiger partial charge < -0.3 is 19.7 Å². The van der Waals surface area contributed by atoms with E-state index in [9.17, 15) is 22.4 Å². The van der Waals surface area contributed by atoms with Gasteiger partial charge in [0.15, 0.2) is 11.6 Å². The van der Waals surface area contributed by atoms with Gasteiger partial charge >= 0.3 is 6.61 Å². The zero-order valence-electron chi connectivity index (χ0n) is 22.9. The number of likely N-dealkylation sites (N-methyl/N-ethyl adjacent to an activating group) is 1. The zero-order valence-corrected chi connectivity index (χ0v) is 22.9. The van der Waals surface area contributed by atoms with Crippen LogP contribution in [-0.4, -0.2) is 72.6 Å². The normalized spacial score (nSPS) is 13.2. The summed E-state index contributed by atoms with van der Waals surface area (Å²) < 4.78 is 67.4. The monoisotopic (exact) mass is 597 g/mol. The number of fused-ring (bicyclic) bond motifs is 2. The van der Waals surface area contributed by atoms with Crippen molar-refractivity contribution >= 4 is 28.4 Å². The van der Waals surface area contributed by atoms with E-state index in [1.54, 1.807) is 28.8 Å². The zero-order chi connectivity index (χ0) is 30.4. The minimum atomic E-state index is -3.29. The predicted octanol–water partition coefficient (Wildman–Crippen LogP) is 4.62. The second kappa shape index (κ2) is 10.8. The molecule has 0 unspecified atom stereocenters. The average Bonchev–Trinajstić information content (AvgIpc) is 3.56. The molecule has 1 aliphatic heterocycles. The summed E-state index contributed by atoms with van der Waals surface area (Å²) in [7, 11) is 2.98. The second-order valence-electron chi connectivity index (χ2n) is 9.62. The van der Waals surface area contributed by atoms with Gasteiger partial charge in [0.1, 0.15) is 23.5 Å². The Morgan fingerprint density at radius 1 is 1.07 bits per heavy atom. The maximum Gasteiger partial charge on any atom is 0.388 e. The Bertz CT molecular complexity index is 1840. The highest BCUT2D eigenvalue weighted by Gasteiger charge is 2.34. The first-order chi connectivity index (χ1) is 20.6. The molecule has 222 valence electrons. The highest BCUT2D eigenvalue weighted by Crippen LogP contribution is 2.35. The van der Waals surface area contributed by atoms with E-state index < -0.39 is 30.4 Å². The first-order valence-electron chi connectivity index (χ1n) is 12.9. The number of carbonyl (C=O) groups is 1. The Labute approximate surface area is 240 Å². The van der Waals surface area contributed by atoms with Crippen molar-refractivity contribution in [2.45, 2.75) is 26.4 Å². The summed E-state index contributed by atoms with van der Waals surface area (Å²) in [6, 6.07) is 9.51. The lowest BCUT2D eigenvalue weighted by Crippen LogP contribution is -2.34. The van der Waals surface area contributed by atoms with Crippen molar-refractivity contribution in [3.05, 3.63) is 65.2 Å². The number of nitrogens with zero attached hydrogens (tertiary/aromatic N) is 8. The summed E-state index contributed by atoms with van der Waals surface area (Å²) in [5.41, 5.74) is 1.75. The van der Waals surface area contributed by atoms with Crippen molar-refractivity contribution in [1.82, 2.24) is 39.4 Å². The largest absolute Gasteiger partial charge is 0.494 e. The van der Waals surface area contributed by atoms with Gasteiger partial charge in [-0.1, -0.05) is 0 Å². The van der Waals surface area contributed by atoms with Gasteiger partial charge in [-0.05, 0) is 37.3 Å². The van der Waals surface area contributed by atoms with E-state index in [2.05, 4.69) is 35.3 Å². The molecule has 43 heavy (non-hydrogen) atoms. The average molecular weight is 598 g/mol. The number of aromatic nitrogens is 7. The molecule has 0 aliphatic carbocycles. The SMILES string of the molecule is COc1cc2c(cc1Nc1ccc(C)nn1)ncn2-c1ccc(C(F)F)c(-n2nc(OC(F)F)c3c2CCN(C)C3=O)n1. The second-order valence-corrected chi connectivity index (χ2v) is 9.62. The van der Waals surface area contributed by atoms with Crippen LogP contribution in [0.25, 0.3) is 22.7 Å². The molecule has 1 amide bonds. The third kappa shape index (κ3) is 5.04. The Morgan fingerprint density at radius 2 is 1.88 bits per heavy atom. The van der Waals surface area contributed by atoms with Crippen molar-refractivity contribution in [1.29, 1.82) is 0 Å². The van der Waals surface area contributed by atoms with Gasteiger partial charge in [0, 0.05) is 26.1 Å². The molecule has 5 heterocycles. The van der Waals surface area contributed by atoms with Crippen LogP contribution in [0.3, 0.4) is 0 Å². The molecule has 1 aromatic carbocycles. The van der Waals surface area contributed by atoms with Crippen molar-refractivity contribution in [2.24, 2.45) is 0 Å². The van der Waals surface area contributed by atoms with Crippen LogP contribution in [0.1, 0.15) is 33.7 Å². The number of rotatable bonds is 8. The lowest BCUT2D eigenvalue weighted by Gasteiger charge is -2.23. The van der Waals surface area contributed by atoms with Gasteiger partial charge in [-0.2, -0.15) is 13.9 Å². The molecule has 0 spiro atoms. The number of aryl methyl sites for hydroxylation is 1. The molecule has 12 nitrogen and oxygen atoms in total. The number of hydrogen-bond acceptors (Lipinski definition) is 9. The molecule has 16 heteroatoms. The summed E-state index contributed by atoms with van der Waals surface area (Å²) in [4.78, 5) is 23.0. The Balaban J connectivity index is 1.47. The Hall–Kier alpha value is -5.28. The van der Waals surface area contributed by atoms with Crippen LogP contribution in [0.2, 0.25) is 0 Å². The molecule has 1 N–H and O–H groups in total. The van der Waals surface area contributed by atoms with E-state index >= 15 is 0 Å². The van der Waals surface area contributed by atoms with Crippen molar-refractivity contribution in [3.63, 3.8) is 0 Å². The van der Waals surface area contributed by atoms with Gasteiger partial charge in [0.25, 0.3) is 18.2 Å². The van der Waals surface area contributed by atoms with Crippen LogP contribution in [0, 0.1) is 6.92 Å². The standard InChI is InChI=1S/C27H23F4N9O3/c1-13-4-6-20(36-35-13)33-16-10-15-18(11-19(16)42-3)39(12-32-15)21-7-5-14(23(28)29)24(34-21)40-17-8-9-38(2)26(41)22(17)25(37-40)43-27(30)31/h4-7,10-12,23,27H,8-9H2,1-3H3,(H,33,36). The molecule has 0 atom stereocenters. The quantitative estimate of drug-likeness (QED) is 0.255. The number of ether oxygens (including phenoxy) is 2. The highest BCUT2D eigenvalue weighted by atomic mass is 19.3. The smallest absolute Gasteiger partial charge is 0.388 e. The number of pyridine rings is 1. The molecular weight excluding hydrogens is 574 g/mol. The van der Waals surface area contributed by atoms with Crippen LogP contribution in [0.15, 0.2) is 42.7 Å². The number of imidazole rings is 1. The van der Waals surface area contributed by atoms with E-state index in [1.165, 1.54) is 31.5 Å². The number of alkyl halides is 4. The topological polar surface area (TPSA) is 125 Å². The number of carbonyl (C=O) groups excluding carboxylic acids is 1. The van der Waals surface area contributed by atoms with E-state index in [4.69, 9.17) is 4.74 Å². The van der Waals surface area contributed by atoms with Gasteiger partial charge in [-0.25, -0.2) is 23.4 Å². The fourth-order valence-corrected chi connectivity index (χ4v) is 4.80. The maximum absolute atomic E-state index is 14.2. The lowest BCUT2D eigenvalue weighted by molar-refractivity contribution is -0.0535. The van der Waals surface area contributed by atoms with Crippen molar-refractivity contribution in [3.8, 4) is 23.3 Å². The first kappa shape index (κ1) is 27.9. The van der Waals surface area contributed by atoms with Gasteiger partial charge in [0.05, 0.1) is 40.8 Å². The highest BCUT2D eigenvalue weighted by molar-refractivity contribution is 5.98. The van der Waals surface area contributed by atoms with Crippen molar-refractivity contribution in [2.75, 3.05) is 26.0 Å². The number of benzene rings is 1. The summed E-state index contributed by atoms with van der Waals surface area (Å²) in [5, 5.41) is 15.3. The van der Waals surface area contributed by atoms with Crippen LogP contribution in [-0.2, 0) is 6.42 Å². The molecule has 0 saturated carbocycles. The molecule has 5 aromatic rings. The maximum atomic E-state index is 14.2. The predicted molar refractivity (Wildman–Crippen MR) is 145 cm³/mol. The van der Waals surface area contributed by atoms with Crippen LogP contribution >= 0.6 is 0 Å². The van der Waals surface area contributed by atoms with Gasteiger partial charge in [-0.3, -0.25) is 9.36 Å². The first-order valence-corrected chi connectivity index (χ1v) is 12.9. The number of methoxy groups -OCH3 is 1. The van der Waals surface area contributed by atoms with E-state index in [-0.39, 0.29) is 35.9 Å². The Kier molecular flexibility index (Phi) is 7.03. The number of halogens is 4. The summed E-state index contributed by atoms with van der Waals surface area (Å²) in [5.74, 6) is -0.529. The fourth-order valence-electron chi connectivity index (χ4n) is 4.80. The number of hydrogen-bond donors (Lipinski definition) is 1. The third-order valence-corrected chi connectivity index (χ3v) is 6.90. The van der Waals surface area contributed by atoms with Crippen molar-refractivity contribution < 1.29 is 31.8 Å². The molecule has 1 aliphatic rings.